The van der Waals surface area contributed by atoms with Crippen molar-refractivity contribution in [1.29, 1.82) is 0 Å². The first-order valence-corrected chi connectivity index (χ1v) is 8.50. The summed E-state index contributed by atoms with van der Waals surface area (Å²) in [6, 6.07) is 2.51. The molecule has 0 amide bonds. The van der Waals surface area contributed by atoms with Gasteiger partial charge in [-0.25, -0.2) is 0 Å². The van der Waals surface area contributed by atoms with Crippen molar-refractivity contribution in [3.8, 4) is 0 Å². The Hall–Kier alpha value is -0.930. The molecule has 1 saturated carbocycles. The standard InChI is InChI=1S/C18H30N2O/c1-4-11-20-17(16-12-15(3)13-19-14-16)18(21-5-2)9-7-6-8-10-18/h12-14,17,20H,4-11H2,1-3H3. The Morgan fingerprint density at radius 1 is 1.24 bits per heavy atom. The Morgan fingerprint density at radius 2 is 2.00 bits per heavy atom. The third-order valence-corrected chi connectivity index (χ3v) is 4.49. The fourth-order valence-electron chi connectivity index (χ4n) is 3.59. The molecule has 1 unspecified atom stereocenters. The minimum absolute atomic E-state index is 0.0579. The second-order valence-electron chi connectivity index (χ2n) is 6.24. The van der Waals surface area contributed by atoms with Gasteiger partial charge in [-0.15, -0.1) is 0 Å². The molecule has 118 valence electrons. The van der Waals surface area contributed by atoms with E-state index in [0.29, 0.717) is 0 Å². The Labute approximate surface area is 129 Å². The van der Waals surface area contributed by atoms with Crippen LogP contribution in [0.5, 0.6) is 0 Å². The van der Waals surface area contributed by atoms with Crippen LogP contribution in [0.3, 0.4) is 0 Å². The molecule has 1 atom stereocenters. The predicted molar refractivity (Wildman–Crippen MR) is 87.5 cm³/mol. The summed E-state index contributed by atoms with van der Waals surface area (Å²) in [7, 11) is 0. The topological polar surface area (TPSA) is 34.2 Å². The van der Waals surface area contributed by atoms with E-state index in [1.807, 2.05) is 12.4 Å². The molecule has 0 radical (unpaired) electrons. The van der Waals surface area contributed by atoms with Gasteiger partial charge in [-0.05, 0) is 50.8 Å². The van der Waals surface area contributed by atoms with E-state index in [-0.39, 0.29) is 11.6 Å². The highest BCUT2D eigenvalue weighted by molar-refractivity contribution is 5.24. The largest absolute Gasteiger partial charge is 0.373 e. The van der Waals surface area contributed by atoms with Gasteiger partial charge in [-0.2, -0.15) is 0 Å². The maximum atomic E-state index is 6.33. The summed E-state index contributed by atoms with van der Waals surface area (Å²) >= 11 is 0. The molecule has 1 heterocycles. The number of nitrogens with zero attached hydrogens (tertiary/aromatic N) is 1. The van der Waals surface area contributed by atoms with Crippen molar-refractivity contribution in [2.24, 2.45) is 0 Å². The highest BCUT2D eigenvalue weighted by Crippen LogP contribution is 2.41. The normalized spacial score (nSPS) is 19.4. The van der Waals surface area contributed by atoms with Gasteiger partial charge in [0.15, 0.2) is 0 Å². The van der Waals surface area contributed by atoms with Crippen LogP contribution in [0.15, 0.2) is 18.5 Å². The highest BCUT2D eigenvalue weighted by atomic mass is 16.5. The van der Waals surface area contributed by atoms with Crippen molar-refractivity contribution in [2.75, 3.05) is 13.2 Å². The van der Waals surface area contributed by atoms with Crippen LogP contribution < -0.4 is 5.32 Å². The molecule has 1 fully saturated rings. The zero-order chi connectivity index (χ0) is 15.1. The van der Waals surface area contributed by atoms with E-state index in [1.165, 1.54) is 30.4 Å². The Balaban J connectivity index is 2.31. The van der Waals surface area contributed by atoms with Crippen molar-refractivity contribution in [1.82, 2.24) is 10.3 Å². The van der Waals surface area contributed by atoms with Gasteiger partial charge in [-0.3, -0.25) is 4.98 Å². The molecule has 21 heavy (non-hydrogen) atoms. The maximum absolute atomic E-state index is 6.33. The van der Waals surface area contributed by atoms with Crippen molar-refractivity contribution >= 4 is 0 Å². The molecule has 2 rings (SSSR count). The number of nitrogens with one attached hydrogen (secondary N) is 1. The second-order valence-corrected chi connectivity index (χ2v) is 6.24. The molecule has 0 bridgehead atoms. The molecule has 1 aliphatic carbocycles. The molecule has 1 aromatic heterocycles. The van der Waals surface area contributed by atoms with Crippen LogP contribution in [-0.2, 0) is 4.74 Å². The number of ether oxygens (including phenoxy) is 1. The zero-order valence-corrected chi connectivity index (χ0v) is 13.8. The Bertz CT molecular complexity index is 421. The van der Waals surface area contributed by atoms with Gasteiger partial charge in [0.1, 0.15) is 0 Å². The first-order valence-electron chi connectivity index (χ1n) is 8.50. The fraction of sp³-hybridized carbons (Fsp3) is 0.722. The van der Waals surface area contributed by atoms with Crippen molar-refractivity contribution < 1.29 is 4.74 Å². The molecule has 3 heteroatoms. The average Bonchev–Trinajstić information content (AvgIpc) is 2.49. The van der Waals surface area contributed by atoms with Gasteiger partial charge >= 0.3 is 0 Å². The summed E-state index contributed by atoms with van der Waals surface area (Å²) in [6.07, 6.45) is 11.2. The van der Waals surface area contributed by atoms with Crippen LogP contribution in [-0.4, -0.2) is 23.7 Å². The molecule has 0 saturated heterocycles. The van der Waals surface area contributed by atoms with Gasteiger partial charge in [0.2, 0.25) is 0 Å². The number of hydrogen-bond acceptors (Lipinski definition) is 3. The number of hydrogen-bond donors (Lipinski definition) is 1. The number of aryl methyl sites for hydroxylation is 1. The maximum Gasteiger partial charge on any atom is 0.0876 e. The van der Waals surface area contributed by atoms with Gasteiger partial charge in [0.05, 0.1) is 11.6 Å². The summed E-state index contributed by atoms with van der Waals surface area (Å²) < 4.78 is 6.33. The molecule has 1 aliphatic rings. The van der Waals surface area contributed by atoms with Gasteiger partial charge in [0, 0.05) is 19.0 Å². The monoisotopic (exact) mass is 290 g/mol. The van der Waals surface area contributed by atoms with Crippen LogP contribution in [0.25, 0.3) is 0 Å². The second kappa shape index (κ2) is 7.90. The van der Waals surface area contributed by atoms with E-state index in [2.05, 4.69) is 37.1 Å². The summed E-state index contributed by atoms with van der Waals surface area (Å²) in [4.78, 5) is 4.40. The van der Waals surface area contributed by atoms with Gasteiger partial charge in [0.25, 0.3) is 0 Å². The molecule has 1 aromatic rings. The van der Waals surface area contributed by atoms with Crippen LogP contribution in [0.2, 0.25) is 0 Å². The molecule has 1 N–H and O–H groups in total. The lowest BCUT2D eigenvalue weighted by Crippen LogP contribution is -2.48. The first kappa shape index (κ1) is 16.4. The van der Waals surface area contributed by atoms with Crippen LogP contribution in [0.4, 0.5) is 0 Å². The van der Waals surface area contributed by atoms with Gasteiger partial charge < -0.3 is 10.1 Å². The third-order valence-electron chi connectivity index (χ3n) is 4.49. The smallest absolute Gasteiger partial charge is 0.0876 e. The van der Waals surface area contributed by atoms with E-state index in [9.17, 15) is 0 Å². The molecule has 0 aromatic carbocycles. The van der Waals surface area contributed by atoms with E-state index in [4.69, 9.17) is 4.74 Å². The number of pyridine rings is 1. The van der Waals surface area contributed by atoms with Crippen LogP contribution in [0, 0.1) is 6.92 Å². The molecular formula is C18H30N2O. The third kappa shape index (κ3) is 4.04. The number of aromatic nitrogens is 1. The quantitative estimate of drug-likeness (QED) is 0.818. The summed E-state index contributed by atoms with van der Waals surface area (Å²) in [5.74, 6) is 0. The lowest BCUT2D eigenvalue weighted by molar-refractivity contribution is -0.0913. The highest BCUT2D eigenvalue weighted by Gasteiger charge is 2.41. The average molecular weight is 290 g/mol. The van der Waals surface area contributed by atoms with Crippen LogP contribution >= 0.6 is 0 Å². The molecular weight excluding hydrogens is 260 g/mol. The SMILES string of the molecule is CCCNC(c1cncc(C)c1)C1(OCC)CCCCC1. The molecule has 0 aliphatic heterocycles. The first-order chi connectivity index (χ1) is 10.2. The van der Waals surface area contributed by atoms with Crippen molar-refractivity contribution in [3.05, 3.63) is 29.6 Å². The molecule has 0 spiro atoms. The van der Waals surface area contributed by atoms with Crippen LogP contribution in [0.1, 0.15) is 69.5 Å². The fourth-order valence-corrected chi connectivity index (χ4v) is 3.59. The lowest BCUT2D eigenvalue weighted by Gasteiger charge is -2.44. The number of rotatable bonds is 7. The summed E-state index contributed by atoms with van der Waals surface area (Å²) in [5.41, 5.74) is 2.44. The van der Waals surface area contributed by atoms with Crippen molar-refractivity contribution in [3.63, 3.8) is 0 Å². The summed E-state index contributed by atoms with van der Waals surface area (Å²) in [5, 5.41) is 3.74. The minimum atomic E-state index is -0.0579. The summed E-state index contributed by atoms with van der Waals surface area (Å²) in [6.45, 7) is 8.24. The van der Waals surface area contributed by atoms with E-state index in [1.54, 1.807) is 0 Å². The Morgan fingerprint density at radius 3 is 2.62 bits per heavy atom. The van der Waals surface area contributed by atoms with Gasteiger partial charge in [-0.1, -0.05) is 32.3 Å². The zero-order valence-electron chi connectivity index (χ0n) is 13.8. The van der Waals surface area contributed by atoms with E-state index < -0.39 is 0 Å². The lowest BCUT2D eigenvalue weighted by atomic mass is 9.76. The Kier molecular flexibility index (Phi) is 6.19. The molecule has 3 nitrogen and oxygen atoms in total. The van der Waals surface area contributed by atoms with E-state index >= 15 is 0 Å². The predicted octanol–water partition coefficient (Wildman–Crippen LogP) is 4.17. The van der Waals surface area contributed by atoms with Crippen molar-refractivity contribution in [2.45, 2.75) is 70.9 Å². The van der Waals surface area contributed by atoms with E-state index in [0.717, 1.165) is 32.4 Å². The minimum Gasteiger partial charge on any atom is -0.373 e.